The largest absolute Gasteiger partial charge is 0.345 e. The molecule has 0 atom stereocenters. The molecule has 0 radical (unpaired) electrons. The van der Waals surface area contributed by atoms with Crippen LogP contribution in [0.2, 0.25) is 0 Å². The van der Waals surface area contributed by atoms with Crippen molar-refractivity contribution in [2.45, 2.75) is 26.9 Å². The van der Waals surface area contributed by atoms with Crippen LogP contribution in [-0.4, -0.2) is 30.6 Å². The van der Waals surface area contributed by atoms with Gasteiger partial charge in [0.2, 0.25) is 5.82 Å². The zero-order valence-corrected chi connectivity index (χ0v) is 14.1. The zero-order chi connectivity index (χ0) is 18.0. The van der Waals surface area contributed by atoms with E-state index >= 15 is 0 Å². The highest BCUT2D eigenvalue weighted by atomic mass is 19.1. The summed E-state index contributed by atoms with van der Waals surface area (Å²) in [6.45, 7) is 8.20. The predicted molar refractivity (Wildman–Crippen MR) is 91.6 cm³/mol. The highest BCUT2D eigenvalue weighted by molar-refractivity contribution is 5.97. The molecule has 0 fully saturated rings. The molecule has 0 saturated heterocycles. The van der Waals surface area contributed by atoms with Crippen LogP contribution in [0, 0.1) is 19.7 Å². The molecule has 0 unspecified atom stereocenters. The average molecular weight is 339 g/mol. The fourth-order valence-electron chi connectivity index (χ4n) is 2.76. The minimum absolute atomic E-state index is 0.0271. The molecular formula is C18H18FN5O. The Balaban J connectivity index is 1.80. The monoisotopic (exact) mass is 339 g/mol. The van der Waals surface area contributed by atoms with E-state index in [1.165, 1.54) is 16.9 Å². The number of Topliss-reactive ketones (excluding diaryl/α,β-unsaturated/α-hetero) is 1. The van der Waals surface area contributed by atoms with Gasteiger partial charge >= 0.3 is 0 Å². The van der Waals surface area contributed by atoms with Crippen molar-refractivity contribution in [1.29, 1.82) is 0 Å². The minimum atomic E-state index is -0.375. The summed E-state index contributed by atoms with van der Waals surface area (Å²) < 4.78 is 15.3. The maximum absolute atomic E-state index is 13.3. The van der Waals surface area contributed by atoms with Crippen LogP contribution in [0.25, 0.3) is 11.4 Å². The SMILES string of the molecule is C=CCn1c(C)cc(C(=O)Cn2nnc(-c3cccc(F)c3)n2)c1C. The van der Waals surface area contributed by atoms with Gasteiger partial charge in [0.1, 0.15) is 12.4 Å². The molecule has 0 aliphatic carbocycles. The van der Waals surface area contributed by atoms with E-state index in [-0.39, 0.29) is 24.0 Å². The molecule has 0 spiro atoms. The first-order valence-electron chi connectivity index (χ1n) is 7.84. The summed E-state index contributed by atoms with van der Waals surface area (Å²) in [5.41, 5.74) is 3.02. The lowest BCUT2D eigenvalue weighted by atomic mass is 10.1. The van der Waals surface area contributed by atoms with Gasteiger partial charge in [-0.05, 0) is 37.3 Å². The van der Waals surface area contributed by atoms with Crippen molar-refractivity contribution >= 4 is 5.78 Å². The van der Waals surface area contributed by atoms with E-state index in [9.17, 15) is 9.18 Å². The number of aryl methyl sites for hydroxylation is 1. The van der Waals surface area contributed by atoms with Crippen molar-refractivity contribution < 1.29 is 9.18 Å². The van der Waals surface area contributed by atoms with E-state index in [0.29, 0.717) is 17.7 Å². The van der Waals surface area contributed by atoms with Gasteiger partial charge in [-0.1, -0.05) is 18.2 Å². The molecule has 0 bridgehead atoms. The van der Waals surface area contributed by atoms with Gasteiger partial charge in [-0.3, -0.25) is 4.79 Å². The third kappa shape index (κ3) is 3.40. The van der Waals surface area contributed by atoms with Gasteiger partial charge in [-0.15, -0.1) is 16.8 Å². The number of benzene rings is 1. The maximum atomic E-state index is 13.3. The number of hydrogen-bond acceptors (Lipinski definition) is 4. The Morgan fingerprint density at radius 1 is 1.32 bits per heavy atom. The molecule has 0 N–H and O–H groups in total. The number of rotatable bonds is 6. The first-order chi connectivity index (χ1) is 12.0. The van der Waals surface area contributed by atoms with Gasteiger partial charge in [-0.2, -0.15) is 4.80 Å². The Bertz CT molecular complexity index is 941. The van der Waals surface area contributed by atoms with Crippen LogP contribution in [0.3, 0.4) is 0 Å². The number of carbonyl (C=O) groups excluding carboxylic acids is 1. The molecular weight excluding hydrogens is 321 g/mol. The molecule has 3 rings (SSSR count). The second-order valence-electron chi connectivity index (χ2n) is 5.76. The van der Waals surface area contributed by atoms with Crippen molar-refractivity contribution in [3.63, 3.8) is 0 Å². The smallest absolute Gasteiger partial charge is 0.205 e. The lowest BCUT2D eigenvalue weighted by molar-refractivity contribution is 0.0960. The van der Waals surface area contributed by atoms with Crippen LogP contribution in [-0.2, 0) is 13.1 Å². The molecule has 7 heteroatoms. The molecule has 128 valence electrons. The molecule has 2 aromatic heterocycles. The van der Waals surface area contributed by atoms with Crippen molar-refractivity contribution in [2.24, 2.45) is 0 Å². The predicted octanol–water partition coefficient (Wildman–Crippen LogP) is 2.97. The summed E-state index contributed by atoms with van der Waals surface area (Å²) in [5.74, 6) is -0.199. The Hall–Kier alpha value is -3.09. The third-order valence-electron chi connectivity index (χ3n) is 4.01. The summed E-state index contributed by atoms with van der Waals surface area (Å²) >= 11 is 0. The van der Waals surface area contributed by atoms with Gasteiger partial charge in [0, 0.05) is 29.1 Å². The first kappa shape index (κ1) is 16.8. The molecule has 1 aromatic carbocycles. The van der Waals surface area contributed by atoms with Crippen LogP contribution in [0.1, 0.15) is 21.7 Å². The highest BCUT2D eigenvalue weighted by Crippen LogP contribution is 2.17. The van der Waals surface area contributed by atoms with E-state index in [1.807, 2.05) is 24.5 Å². The molecule has 25 heavy (non-hydrogen) atoms. The topological polar surface area (TPSA) is 65.6 Å². The molecule has 0 saturated carbocycles. The Morgan fingerprint density at radius 2 is 2.12 bits per heavy atom. The van der Waals surface area contributed by atoms with E-state index in [2.05, 4.69) is 22.0 Å². The number of halogens is 1. The molecule has 0 amide bonds. The van der Waals surface area contributed by atoms with Gasteiger partial charge in [0.05, 0.1) is 0 Å². The van der Waals surface area contributed by atoms with E-state index in [0.717, 1.165) is 11.4 Å². The van der Waals surface area contributed by atoms with Crippen molar-refractivity contribution in [3.05, 3.63) is 65.8 Å². The number of ketones is 1. The Kier molecular flexibility index (Phi) is 4.56. The number of carbonyl (C=O) groups is 1. The molecule has 0 aliphatic heterocycles. The first-order valence-corrected chi connectivity index (χ1v) is 7.84. The standard InChI is InChI=1S/C18H18FN5O/c1-4-8-23-12(2)9-16(13(23)3)17(25)11-24-21-18(20-22-24)14-6-5-7-15(19)10-14/h4-7,9-10H,1,8,11H2,2-3H3. The quantitative estimate of drug-likeness (QED) is 0.511. The van der Waals surface area contributed by atoms with Gasteiger partial charge in [-0.25, -0.2) is 4.39 Å². The fourth-order valence-corrected chi connectivity index (χ4v) is 2.76. The third-order valence-corrected chi connectivity index (χ3v) is 4.01. The molecule has 2 heterocycles. The van der Waals surface area contributed by atoms with Crippen molar-refractivity contribution in [1.82, 2.24) is 24.8 Å². The van der Waals surface area contributed by atoms with Crippen LogP contribution >= 0.6 is 0 Å². The average Bonchev–Trinajstić information content (AvgIpc) is 3.15. The number of tetrazole rings is 1. The number of nitrogens with zero attached hydrogens (tertiary/aromatic N) is 5. The zero-order valence-electron chi connectivity index (χ0n) is 14.1. The molecule has 6 nitrogen and oxygen atoms in total. The Morgan fingerprint density at radius 3 is 2.84 bits per heavy atom. The summed E-state index contributed by atoms with van der Waals surface area (Å²) in [7, 11) is 0. The van der Waals surface area contributed by atoms with Gasteiger partial charge < -0.3 is 4.57 Å². The van der Waals surface area contributed by atoms with Crippen LogP contribution < -0.4 is 0 Å². The summed E-state index contributed by atoms with van der Waals surface area (Å²) in [4.78, 5) is 13.8. The maximum Gasteiger partial charge on any atom is 0.205 e. The van der Waals surface area contributed by atoms with Crippen LogP contribution in [0.4, 0.5) is 4.39 Å². The lowest BCUT2D eigenvalue weighted by Gasteiger charge is -2.06. The van der Waals surface area contributed by atoms with Crippen molar-refractivity contribution in [2.75, 3.05) is 0 Å². The minimum Gasteiger partial charge on any atom is -0.345 e. The van der Waals surface area contributed by atoms with Gasteiger partial charge in [0.15, 0.2) is 5.78 Å². The van der Waals surface area contributed by atoms with Crippen molar-refractivity contribution in [3.8, 4) is 11.4 Å². The number of allylic oxidation sites excluding steroid dienone is 1. The Labute approximate surface area is 144 Å². The normalized spacial score (nSPS) is 10.8. The van der Waals surface area contributed by atoms with E-state index < -0.39 is 0 Å². The second-order valence-corrected chi connectivity index (χ2v) is 5.76. The van der Waals surface area contributed by atoms with Crippen LogP contribution in [0.5, 0.6) is 0 Å². The number of aromatic nitrogens is 5. The van der Waals surface area contributed by atoms with Gasteiger partial charge in [0.25, 0.3) is 0 Å². The van der Waals surface area contributed by atoms with E-state index in [1.54, 1.807) is 18.2 Å². The second kappa shape index (κ2) is 6.80. The lowest BCUT2D eigenvalue weighted by Crippen LogP contribution is -2.14. The van der Waals surface area contributed by atoms with Crippen LogP contribution in [0.15, 0.2) is 43.0 Å². The summed E-state index contributed by atoms with van der Waals surface area (Å²) in [6, 6.07) is 7.79. The summed E-state index contributed by atoms with van der Waals surface area (Å²) in [5, 5.41) is 12.0. The van der Waals surface area contributed by atoms with E-state index in [4.69, 9.17) is 0 Å². The number of hydrogen-bond donors (Lipinski definition) is 0. The fraction of sp³-hybridized carbons (Fsp3) is 0.222. The molecule has 3 aromatic rings. The summed E-state index contributed by atoms with van der Waals surface area (Å²) in [6.07, 6.45) is 1.79. The highest BCUT2D eigenvalue weighted by Gasteiger charge is 2.17. The molecule has 0 aliphatic rings.